The number of nitrogens with zero attached hydrogens (tertiary/aromatic N) is 1. The Balaban J connectivity index is 2.32. The summed E-state index contributed by atoms with van der Waals surface area (Å²) in [4.78, 5) is 2.42. The highest BCUT2D eigenvalue weighted by molar-refractivity contribution is 9.09. The van der Waals surface area contributed by atoms with Crippen LogP contribution in [0.4, 0.5) is 0 Å². The van der Waals surface area contributed by atoms with Gasteiger partial charge < -0.3 is 4.90 Å². The van der Waals surface area contributed by atoms with Crippen LogP contribution in [0.25, 0.3) is 0 Å². The highest BCUT2D eigenvalue weighted by atomic mass is 79.9. The van der Waals surface area contributed by atoms with E-state index in [9.17, 15) is 0 Å². The molecule has 1 nitrogen and oxygen atoms in total. The summed E-state index contributed by atoms with van der Waals surface area (Å²) in [5.41, 5.74) is 0.630. The first-order valence-electron chi connectivity index (χ1n) is 4.47. The molecule has 1 saturated carbocycles. The molecule has 1 rings (SSSR count). The molecule has 0 bridgehead atoms. The molecule has 0 amide bonds. The van der Waals surface area contributed by atoms with E-state index >= 15 is 0 Å². The summed E-state index contributed by atoms with van der Waals surface area (Å²) >= 11 is 3.61. The van der Waals surface area contributed by atoms with Crippen LogP contribution in [0, 0.1) is 5.41 Å². The second-order valence-electron chi connectivity index (χ2n) is 3.82. The summed E-state index contributed by atoms with van der Waals surface area (Å²) in [6, 6.07) is 0. The standard InChI is InChI=1S/C9H18BrN/c1-3-11(2)8-9(7-10)5-4-6-9/h3-8H2,1-2H3. The van der Waals surface area contributed by atoms with Gasteiger partial charge in [0.15, 0.2) is 0 Å². The quantitative estimate of drug-likeness (QED) is 0.658. The van der Waals surface area contributed by atoms with Crippen molar-refractivity contribution < 1.29 is 0 Å². The molecule has 1 aliphatic rings. The Kier molecular flexibility index (Phi) is 3.38. The monoisotopic (exact) mass is 219 g/mol. The topological polar surface area (TPSA) is 3.24 Å². The molecule has 0 aromatic rings. The van der Waals surface area contributed by atoms with Crippen LogP contribution in [0.15, 0.2) is 0 Å². The first-order chi connectivity index (χ1) is 5.22. The average Bonchev–Trinajstić information content (AvgIpc) is 1.96. The summed E-state index contributed by atoms with van der Waals surface area (Å²) in [5, 5.41) is 1.18. The second kappa shape index (κ2) is 3.90. The van der Waals surface area contributed by atoms with Crippen molar-refractivity contribution in [2.24, 2.45) is 5.41 Å². The van der Waals surface area contributed by atoms with E-state index in [0.29, 0.717) is 5.41 Å². The number of alkyl halides is 1. The number of halogens is 1. The van der Waals surface area contributed by atoms with E-state index in [1.807, 2.05) is 0 Å². The molecule has 0 aromatic carbocycles. The molecule has 0 aromatic heterocycles. The fourth-order valence-electron chi connectivity index (χ4n) is 1.70. The van der Waals surface area contributed by atoms with Crippen molar-refractivity contribution in [3.63, 3.8) is 0 Å². The third-order valence-electron chi connectivity index (χ3n) is 2.84. The molecule has 11 heavy (non-hydrogen) atoms. The maximum Gasteiger partial charge on any atom is 0.0100 e. The van der Waals surface area contributed by atoms with Gasteiger partial charge in [0.2, 0.25) is 0 Å². The van der Waals surface area contributed by atoms with Crippen molar-refractivity contribution in [3.8, 4) is 0 Å². The van der Waals surface area contributed by atoms with Gasteiger partial charge in [-0.2, -0.15) is 0 Å². The molecule has 2 heteroatoms. The Morgan fingerprint density at radius 3 is 2.36 bits per heavy atom. The molecule has 0 heterocycles. The first-order valence-corrected chi connectivity index (χ1v) is 5.59. The highest BCUT2D eigenvalue weighted by Crippen LogP contribution is 2.42. The molecule has 0 spiro atoms. The molecule has 1 aliphatic carbocycles. The SMILES string of the molecule is CCN(C)CC1(CBr)CCC1. The van der Waals surface area contributed by atoms with Crippen molar-refractivity contribution >= 4 is 15.9 Å². The molecule has 0 saturated heterocycles. The van der Waals surface area contributed by atoms with Gasteiger partial charge in [-0.25, -0.2) is 0 Å². The smallest absolute Gasteiger partial charge is 0.0100 e. The minimum absolute atomic E-state index is 0.630. The lowest BCUT2D eigenvalue weighted by Crippen LogP contribution is -2.42. The predicted molar refractivity (Wildman–Crippen MR) is 53.2 cm³/mol. The largest absolute Gasteiger partial charge is 0.306 e. The van der Waals surface area contributed by atoms with E-state index < -0.39 is 0 Å². The predicted octanol–water partition coefficient (Wildman–Crippen LogP) is 2.50. The lowest BCUT2D eigenvalue weighted by Gasteiger charge is -2.43. The Labute approximate surface area is 78.3 Å². The van der Waals surface area contributed by atoms with Gasteiger partial charge >= 0.3 is 0 Å². The maximum absolute atomic E-state index is 3.61. The van der Waals surface area contributed by atoms with Crippen LogP contribution < -0.4 is 0 Å². The van der Waals surface area contributed by atoms with Crippen LogP contribution in [-0.2, 0) is 0 Å². The summed E-state index contributed by atoms with van der Waals surface area (Å²) in [6.45, 7) is 4.67. The van der Waals surface area contributed by atoms with Crippen molar-refractivity contribution in [1.29, 1.82) is 0 Å². The Morgan fingerprint density at radius 2 is 2.09 bits per heavy atom. The number of hydrogen-bond acceptors (Lipinski definition) is 1. The van der Waals surface area contributed by atoms with Crippen LogP contribution in [0.5, 0.6) is 0 Å². The fourth-order valence-corrected chi connectivity index (χ4v) is 2.43. The number of rotatable bonds is 4. The third-order valence-corrected chi connectivity index (χ3v) is 4.03. The van der Waals surface area contributed by atoms with Gasteiger partial charge in [-0.15, -0.1) is 0 Å². The summed E-state index contributed by atoms with van der Waals surface area (Å²) in [5.74, 6) is 0. The van der Waals surface area contributed by atoms with E-state index in [0.717, 1.165) is 0 Å². The van der Waals surface area contributed by atoms with E-state index in [4.69, 9.17) is 0 Å². The molecule has 1 fully saturated rings. The molecule has 0 aliphatic heterocycles. The zero-order chi connectivity index (χ0) is 8.32. The van der Waals surface area contributed by atoms with E-state index in [-0.39, 0.29) is 0 Å². The van der Waals surface area contributed by atoms with Crippen LogP contribution in [-0.4, -0.2) is 30.4 Å². The summed E-state index contributed by atoms with van der Waals surface area (Å²) in [6.07, 6.45) is 4.27. The van der Waals surface area contributed by atoms with Crippen molar-refractivity contribution in [2.45, 2.75) is 26.2 Å². The minimum Gasteiger partial charge on any atom is -0.306 e. The van der Waals surface area contributed by atoms with E-state index in [2.05, 4.69) is 34.8 Å². The fraction of sp³-hybridized carbons (Fsp3) is 1.00. The Hall–Kier alpha value is 0.440. The van der Waals surface area contributed by atoms with Crippen molar-refractivity contribution in [2.75, 3.05) is 25.5 Å². The minimum atomic E-state index is 0.630. The van der Waals surface area contributed by atoms with E-state index in [1.165, 1.54) is 37.7 Å². The normalized spacial score (nSPS) is 21.8. The molecule has 66 valence electrons. The lowest BCUT2D eigenvalue weighted by molar-refractivity contribution is 0.109. The molecule has 0 unspecified atom stereocenters. The first kappa shape index (κ1) is 9.53. The zero-order valence-electron chi connectivity index (χ0n) is 7.57. The van der Waals surface area contributed by atoms with Gasteiger partial charge in [-0.05, 0) is 31.8 Å². The van der Waals surface area contributed by atoms with Crippen LogP contribution in [0.2, 0.25) is 0 Å². The van der Waals surface area contributed by atoms with Gasteiger partial charge in [-0.1, -0.05) is 29.3 Å². The summed E-state index contributed by atoms with van der Waals surface area (Å²) in [7, 11) is 2.21. The molecule has 0 N–H and O–H groups in total. The number of hydrogen-bond donors (Lipinski definition) is 0. The van der Waals surface area contributed by atoms with Gasteiger partial charge in [0.1, 0.15) is 0 Å². The van der Waals surface area contributed by atoms with Gasteiger partial charge in [-0.3, -0.25) is 0 Å². The van der Waals surface area contributed by atoms with Crippen molar-refractivity contribution in [3.05, 3.63) is 0 Å². The zero-order valence-corrected chi connectivity index (χ0v) is 9.15. The van der Waals surface area contributed by atoms with Gasteiger partial charge in [0, 0.05) is 11.9 Å². The third kappa shape index (κ3) is 2.19. The van der Waals surface area contributed by atoms with Crippen LogP contribution in [0.3, 0.4) is 0 Å². The average molecular weight is 220 g/mol. The Morgan fingerprint density at radius 1 is 1.45 bits per heavy atom. The lowest BCUT2D eigenvalue weighted by atomic mass is 9.70. The van der Waals surface area contributed by atoms with Crippen LogP contribution >= 0.6 is 15.9 Å². The molecular formula is C9H18BrN. The van der Waals surface area contributed by atoms with Gasteiger partial charge in [0.25, 0.3) is 0 Å². The Bertz CT molecular complexity index is 115. The molecule has 0 atom stereocenters. The second-order valence-corrected chi connectivity index (χ2v) is 4.38. The van der Waals surface area contributed by atoms with Crippen LogP contribution in [0.1, 0.15) is 26.2 Å². The summed E-state index contributed by atoms with van der Waals surface area (Å²) < 4.78 is 0. The molecular weight excluding hydrogens is 202 g/mol. The van der Waals surface area contributed by atoms with Gasteiger partial charge in [0.05, 0.1) is 0 Å². The molecule has 0 radical (unpaired) electrons. The van der Waals surface area contributed by atoms with Crippen molar-refractivity contribution in [1.82, 2.24) is 4.90 Å². The van der Waals surface area contributed by atoms with E-state index in [1.54, 1.807) is 0 Å². The highest BCUT2D eigenvalue weighted by Gasteiger charge is 2.36. The maximum atomic E-state index is 3.61.